The molecule has 1 aromatic rings. The third kappa shape index (κ3) is 4.72. The second-order valence-corrected chi connectivity index (χ2v) is 6.99. The first-order valence-electron chi connectivity index (χ1n) is 7.47. The summed E-state index contributed by atoms with van der Waals surface area (Å²) in [5, 5.41) is 14.5. The molecule has 1 aromatic carbocycles. The molecule has 0 saturated heterocycles. The minimum absolute atomic E-state index is 0.0861. The average molecular weight is 336 g/mol. The van der Waals surface area contributed by atoms with Crippen LogP contribution in [0, 0.1) is 5.92 Å². The van der Waals surface area contributed by atoms with Gasteiger partial charge in [0.25, 0.3) is 5.91 Å². The van der Waals surface area contributed by atoms with E-state index in [0.29, 0.717) is 29.8 Å². The molecule has 6 nitrogen and oxygen atoms in total. The number of carboxylic acid groups (broad SMARTS) is 1. The Hall–Kier alpha value is -2.02. The number of hydrogen-bond acceptors (Lipinski definition) is 4. The fourth-order valence-electron chi connectivity index (χ4n) is 2.30. The first kappa shape index (κ1) is 17.3. The highest BCUT2D eigenvalue weighted by Gasteiger charge is 2.22. The lowest BCUT2D eigenvalue weighted by atomic mass is 10.0. The predicted octanol–water partition coefficient (Wildman–Crippen LogP) is 2.35. The molecule has 7 heteroatoms. The molecule has 0 saturated carbocycles. The number of hydrogen-bond donors (Lipinski definition) is 3. The number of benzene rings is 1. The van der Waals surface area contributed by atoms with Crippen molar-refractivity contribution in [3.05, 3.63) is 23.8 Å². The number of carbonyl (C=O) groups is 3. The Labute approximate surface area is 139 Å². The van der Waals surface area contributed by atoms with E-state index in [9.17, 15) is 19.5 Å². The molecule has 0 aromatic heterocycles. The van der Waals surface area contributed by atoms with Gasteiger partial charge in [0.05, 0.1) is 5.69 Å². The molecule has 3 N–H and O–H groups in total. The van der Waals surface area contributed by atoms with Crippen LogP contribution < -0.4 is 10.6 Å². The van der Waals surface area contributed by atoms with E-state index in [1.807, 2.05) is 13.8 Å². The molecule has 0 bridgehead atoms. The molecular formula is C16H20N2O4S. The number of anilines is 1. The standard InChI is InChI=1S/C16H20N2O4S/c1-9(2)7-12(16(21)22)18-15(20)10-3-4-13-11(8-10)17-14(19)5-6-23-13/h3-4,8-9,12H,5-7H2,1-2H3,(H,17,19)(H,18,20)(H,21,22)/t12-/m1/s1. The Morgan fingerprint density at radius 2 is 2.13 bits per heavy atom. The number of aliphatic carboxylic acids is 1. The third-order valence-electron chi connectivity index (χ3n) is 3.41. The molecule has 0 radical (unpaired) electrons. The lowest BCUT2D eigenvalue weighted by molar-refractivity contribution is -0.139. The summed E-state index contributed by atoms with van der Waals surface area (Å²) in [6, 6.07) is 4.09. The van der Waals surface area contributed by atoms with E-state index < -0.39 is 17.9 Å². The quantitative estimate of drug-likeness (QED) is 0.767. The molecule has 0 unspecified atom stereocenters. The second-order valence-electron chi connectivity index (χ2n) is 5.85. The molecule has 1 atom stereocenters. The summed E-state index contributed by atoms with van der Waals surface area (Å²) in [5.74, 6) is -0.744. The normalized spacial score (nSPS) is 15.3. The van der Waals surface area contributed by atoms with Crippen molar-refractivity contribution in [2.75, 3.05) is 11.1 Å². The van der Waals surface area contributed by atoms with Gasteiger partial charge in [-0.2, -0.15) is 0 Å². The first-order chi connectivity index (χ1) is 10.9. The van der Waals surface area contributed by atoms with Crippen molar-refractivity contribution in [3.63, 3.8) is 0 Å². The van der Waals surface area contributed by atoms with E-state index in [0.717, 1.165) is 4.90 Å². The van der Waals surface area contributed by atoms with Gasteiger partial charge in [0, 0.05) is 22.6 Å². The molecule has 1 aliphatic heterocycles. The lowest BCUT2D eigenvalue weighted by Gasteiger charge is -2.17. The zero-order chi connectivity index (χ0) is 17.0. The molecule has 0 fully saturated rings. The van der Waals surface area contributed by atoms with E-state index in [4.69, 9.17) is 0 Å². The molecule has 2 rings (SSSR count). The van der Waals surface area contributed by atoms with Crippen molar-refractivity contribution in [3.8, 4) is 0 Å². The Morgan fingerprint density at radius 1 is 1.39 bits per heavy atom. The zero-order valence-corrected chi connectivity index (χ0v) is 13.9. The number of amides is 2. The maximum atomic E-state index is 12.3. The Balaban J connectivity index is 2.16. The van der Waals surface area contributed by atoms with Gasteiger partial charge >= 0.3 is 5.97 Å². The van der Waals surface area contributed by atoms with Crippen molar-refractivity contribution in [2.24, 2.45) is 5.92 Å². The molecule has 1 aliphatic rings. The molecule has 1 heterocycles. The van der Waals surface area contributed by atoms with Crippen molar-refractivity contribution in [1.82, 2.24) is 5.32 Å². The van der Waals surface area contributed by atoms with E-state index in [2.05, 4.69) is 10.6 Å². The van der Waals surface area contributed by atoms with Gasteiger partial charge in [-0.1, -0.05) is 13.8 Å². The van der Waals surface area contributed by atoms with Crippen LogP contribution in [0.5, 0.6) is 0 Å². The monoisotopic (exact) mass is 336 g/mol. The van der Waals surface area contributed by atoms with Gasteiger partial charge < -0.3 is 15.7 Å². The summed E-state index contributed by atoms with van der Waals surface area (Å²) in [6.45, 7) is 3.80. The number of rotatable bonds is 5. The van der Waals surface area contributed by atoms with E-state index in [-0.39, 0.29) is 11.8 Å². The van der Waals surface area contributed by atoms with Crippen molar-refractivity contribution < 1.29 is 19.5 Å². The smallest absolute Gasteiger partial charge is 0.326 e. The van der Waals surface area contributed by atoms with E-state index in [1.54, 1.807) is 30.0 Å². The minimum Gasteiger partial charge on any atom is -0.480 e. The van der Waals surface area contributed by atoms with Gasteiger partial charge in [0.1, 0.15) is 6.04 Å². The van der Waals surface area contributed by atoms with Gasteiger partial charge in [-0.15, -0.1) is 11.8 Å². The molecule has 23 heavy (non-hydrogen) atoms. The van der Waals surface area contributed by atoms with Crippen LogP contribution in [0.2, 0.25) is 0 Å². The summed E-state index contributed by atoms with van der Waals surface area (Å²) < 4.78 is 0. The van der Waals surface area contributed by atoms with Gasteiger partial charge in [-0.3, -0.25) is 9.59 Å². The molecule has 124 valence electrons. The maximum Gasteiger partial charge on any atom is 0.326 e. The summed E-state index contributed by atoms with van der Waals surface area (Å²) >= 11 is 1.55. The minimum atomic E-state index is -1.05. The Kier molecular flexibility index (Phi) is 5.65. The summed E-state index contributed by atoms with van der Waals surface area (Å²) in [6.07, 6.45) is 0.787. The highest BCUT2D eigenvalue weighted by molar-refractivity contribution is 7.99. The van der Waals surface area contributed by atoms with Crippen molar-refractivity contribution >= 4 is 35.2 Å². The van der Waals surface area contributed by atoms with E-state index >= 15 is 0 Å². The molecule has 0 aliphatic carbocycles. The average Bonchev–Trinajstić information content (AvgIpc) is 2.65. The number of carboxylic acids is 1. The number of nitrogens with one attached hydrogen (secondary N) is 2. The summed E-state index contributed by atoms with van der Waals surface area (Å²) in [4.78, 5) is 36.1. The van der Waals surface area contributed by atoms with E-state index in [1.165, 1.54) is 0 Å². The van der Waals surface area contributed by atoms with Crippen LogP contribution >= 0.6 is 11.8 Å². The zero-order valence-electron chi connectivity index (χ0n) is 13.1. The third-order valence-corrected chi connectivity index (χ3v) is 4.49. The van der Waals surface area contributed by atoms with Gasteiger partial charge in [0.15, 0.2) is 0 Å². The van der Waals surface area contributed by atoms with Crippen LogP contribution in [0.15, 0.2) is 23.1 Å². The number of carbonyl (C=O) groups excluding carboxylic acids is 2. The Morgan fingerprint density at radius 3 is 2.78 bits per heavy atom. The SMILES string of the molecule is CC(C)C[C@@H](NC(=O)c1ccc2c(c1)NC(=O)CCS2)C(=O)O. The highest BCUT2D eigenvalue weighted by Crippen LogP contribution is 2.31. The van der Waals surface area contributed by atoms with Crippen LogP contribution in [0.4, 0.5) is 5.69 Å². The van der Waals surface area contributed by atoms with Crippen LogP contribution in [-0.4, -0.2) is 34.7 Å². The highest BCUT2D eigenvalue weighted by atomic mass is 32.2. The fraction of sp³-hybridized carbons (Fsp3) is 0.438. The molecule has 0 spiro atoms. The molecular weight excluding hydrogens is 316 g/mol. The van der Waals surface area contributed by atoms with Crippen molar-refractivity contribution in [2.45, 2.75) is 37.6 Å². The van der Waals surface area contributed by atoms with Crippen LogP contribution in [-0.2, 0) is 9.59 Å². The fourth-order valence-corrected chi connectivity index (χ4v) is 3.23. The topological polar surface area (TPSA) is 95.5 Å². The maximum absolute atomic E-state index is 12.3. The van der Waals surface area contributed by atoms with Crippen LogP contribution in [0.3, 0.4) is 0 Å². The lowest BCUT2D eigenvalue weighted by Crippen LogP contribution is -2.41. The molecule has 2 amide bonds. The summed E-state index contributed by atoms with van der Waals surface area (Å²) in [5.41, 5.74) is 0.933. The number of fused-ring (bicyclic) bond motifs is 1. The predicted molar refractivity (Wildman–Crippen MR) is 88.8 cm³/mol. The van der Waals surface area contributed by atoms with Crippen molar-refractivity contribution in [1.29, 1.82) is 0 Å². The Bertz CT molecular complexity index is 631. The largest absolute Gasteiger partial charge is 0.480 e. The van der Waals surface area contributed by atoms with Crippen LogP contribution in [0.25, 0.3) is 0 Å². The van der Waals surface area contributed by atoms with Gasteiger partial charge in [0.2, 0.25) is 5.91 Å². The van der Waals surface area contributed by atoms with Gasteiger partial charge in [-0.05, 0) is 30.5 Å². The second kappa shape index (κ2) is 7.50. The first-order valence-corrected chi connectivity index (χ1v) is 8.45. The van der Waals surface area contributed by atoms with Crippen LogP contribution in [0.1, 0.15) is 37.0 Å². The van der Waals surface area contributed by atoms with Gasteiger partial charge in [-0.25, -0.2) is 4.79 Å². The number of thioether (sulfide) groups is 1. The summed E-state index contributed by atoms with van der Waals surface area (Å²) in [7, 11) is 0.